The van der Waals surface area contributed by atoms with Crippen LogP contribution in [0.3, 0.4) is 0 Å². The Labute approximate surface area is 225 Å². The summed E-state index contributed by atoms with van der Waals surface area (Å²) in [5, 5.41) is 16.2. The van der Waals surface area contributed by atoms with Crippen LogP contribution in [0, 0.1) is 17.8 Å². The van der Waals surface area contributed by atoms with Crippen molar-refractivity contribution in [1.82, 2.24) is 10.2 Å². The SMILES string of the molecule is CCCCCNC(=O)C1N([C@@H](CC)CO)C(=O)[C@@H]2[C@@H](C(=O)Nc3ccc(OCC)cc3)[C@]3(C)OC12CC3C. The normalized spacial score (nSPS) is 32.3. The summed E-state index contributed by atoms with van der Waals surface area (Å²) in [7, 11) is 0. The van der Waals surface area contributed by atoms with Crippen LogP contribution in [-0.4, -0.2) is 70.8 Å². The number of rotatable bonds is 12. The van der Waals surface area contributed by atoms with Crippen LogP contribution < -0.4 is 15.4 Å². The average molecular weight is 530 g/mol. The molecule has 2 bridgehead atoms. The smallest absolute Gasteiger partial charge is 0.245 e. The largest absolute Gasteiger partial charge is 0.494 e. The van der Waals surface area contributed by atoms with Crippen LogP contribution in [0.2, 0.25) is 0 Å². The molecule has 38 heavy (non-hydrogen) atoms. The molecule has 1 aromatic rings. The molecule has 9 heteroatoms. The van der Waals surface area contributed by atoms with Crippen molar-refractivity contribution < 1.29 is 29.0 Å². The number of aliphatic hydroxyl groups is 1. The first-order chi connectivity index (χ1) is 18.2. The zero-order chi connectivity index (χ0) is 27.7. The molecule has 3 aliphatic rings. The Morgan fingerprint density at radius 3 is 2.50 bits per heavy atom. The van der Waals surface area contributed by atoms with Crippen LogP contribution in [0.1, 0.15) is 66.7 Å². The van der Waals surface area contributed by atoms with E-state index in [9.17, 15) is 19.5 Å². The first-order valence-electron chi connectivity index (χ1n) is 14.1. The van der Waals surface area contributed by atoms with E-state index < -0.39 is 35.1 Å². The Morgan fingerprint density at radius 1 is 1.18 bits per heavy atom. The van der Waals surface area contributed by atoms with E-state index >= 15 is 0 Å². The fraction of sp³-hybridized carbons (Fsp3) is 0.690. The topological polar surface area (TPSA) is 117 Å². The molecule has 3 N–H and O–H groups in total. The van der Waals surface area contributed by atoms with Crippen LogP contribution in [-0.2, 0) is 19.1 Å². The number of hydrogen-bond acceptors (Lipinski definition) is 6. The maximum atomic E-state index is 14.1. The summed E-state index contributed by atoms with van der Waals surface area (Å²) in [4.78, 5) is 43.2. The van der Waals surface area contributed by atoms with Gasteiger partial charge in [-0.2, -0.15) is 0 Å². The Kier molecular flexibility index (Phi) is 8.37. The van der Waals surface area contributed by atoms with E-state index in [1.54, 1.807) is 24.3 Å². The van der Waals surface area contributed by atoms with Gasteiger partial charge in [0, 0.05) is 12.2 Å². The quantitative estimate of drug-likeness (QED) is 0.358. The molecule has 1 spiro atoms. The lowest BCUT2D eigenvalue weighted by Gasteiger charge is -2.36. The number of unbranched alkanes of at least 4 members (excludes halogenated alkanes) is 2. The van der Waals surface area contributed by atoms with Crippen LogP contribution in [0.25, 0.3) is 0 Å². The van der Waals surface area contributed by atoms with Gasteiger partial charge in [0.2, 0.25) is 17.7 Å². The van der Waals surface area contributed by atoms with Crippen LogP contribution in [0.5, 0.6) is 5.75 Å². The highest BCUT2D eigenvalue weighted by molar-refractivity contribution is 6.02. The summed E-state index contributed by atoms with van der Waals surface area (Å²) in [5.74, 6) is -1.79. The maximum absolute atomic E-state index is 14.1. The van der Waals surface area contributed by atoms with Crippen molar-refractivity contribution >= 4 is 23.4 Å². The maximum Gasteiger partial charge on any atom is 0.245 e. The number of fused-ring (bicyclic) bond motifs is 1. The van der Waals surface area contributed by atoms with Crippen molar-refractivity contribution in [3.8, 4) is 5.75 Å². The molecule has 3 unspecified atom stereocenters. The lowest BCUT2D eigenvalue weighted by molar-refractivity contribution is -0.149. The second-order valence-electron chi connectivity index (χ2n) is 11.1. The molecule has 3 fully saturated rings. The van der Waals surface area contributed by atoms with E-state index in [0.717, 1.165) is 19.3 Å². The van der Waals surface area contributed by atoms with Crippen molar-refractivity contribution in [2.75, 3.05) is 25.1 Å². The molecule has 0 saturated carbocycles. The number of amides is 3. The minimum atomic E-state index is -1.12. The van der Waals surface area contributed by atoms with Crippen molar-refractivity contribution in [3.05, 3.63) is 24.3 Å². The average Bonchev–Trinajstić information content (AvgIpc) is 3.41. The molecule has 1 aromatic carbocycles. The monoisotopic (exact) mass is 529 g/mol. The van der Waals surface area contributed by atoms with Crippen LogP contribution >= 0.6 is 0 Å². The van der Waals surface area contributed by atoms with E-state index in [1.165, 1.54) is 4.90 Å². The van der Waals surface area contributed by atoms with E-state index in [4.69, 9.17) is 9.47 Å². The summed E-state index contributed by atoms with van der Waals surface area (Å²) in [6.07, 6.45) is 3.86. The molecule has 210 valence electrons. The first kappa shape index (κ1) is 28.4. The molecule has 0 aromatic heterocycles. The van der Waals surface area contributed by atoms with Gasteiger partial charge in [0.15, 0.2) is 0 Å². The fourth-order valence-electron chi connectivity index (χ4n) is 6.89. The highest BCUT2D eigenvalue weighted by Gasteiger charge is 2.80. The van der Waals surface area contributed by atoms with Gasteiger partial charge in [-0.05, 0) is 63.3 Å². The molecule has 0 radical (unpaired) electrons. The van der Waals surface area contributed by atoms with Crippen molar-refractivity contribution in [2.24, 2.45) is 17.8 Å². The Bertz CT molecular complexity index is 1030. The van der Waals surface area contributed by atoms with Crippen LogP contribution in [0.15, 0.2) is 24.3 Å². The minimum absolute atomic E-state index is 0.0489. The predicted molar refractivity (Wildman–Crippen MR) is 144 cm³/mol. The third-order valence-corrected chi connectivity index (χ3v) is 8.87. The summed E-state index contributed by atoms with van der Waals surface area (Å²) in [6.45, 7) is 10.6. The third kappa shape index (κ3) is 4.57. The molecule has 4 rings (SSSR count). The lowest BCUT2D eigenvalue weighted by Crippen LogP contribution is -2.58. The number of carbonyl (C=O) groups excluding carboxylic acids is 3. The second-order valence-corrected chi connectivity index (χ2v) is 11.1. The second kappa shape index (κ2) is 11.2. The third-order valence-electron chi connectivity index (χ3n) is 8.87. The summed E-state index contributed by atoms with van der Waals surface area (Å²) in [6, 6.07) is 5.69. The first-order valence-corrected chi connectivity index (χ1v) is 14.1. The molecule has 0 aliphatic carbocycles. The number of hydrogen-bond donors (Lipinski definition) is 3. The molecule has 3 saturated heterocycles. The Balaban J connectivity index is 1.67. The zero-order valence-electron chi connectivity index (χ0n) is 23.3. The molecule has 3 aliphatic heterocycles. The standard InChI is InChI=1S/C29H43N3O6/c1-6-9-10-15-30-26(35)24-29-16-18(4)28(5,38-29)22(23(29)27(36)32(24)20(7-2)17-33)25(34)31-19-11-13-21(14-12-19)37-8-3/h11-14,18,20,22-24,33H,6-10,15-17H2,1-5H3,(H,30,35)(H,31,34)/t18?,20-,22-,23-,24?,28+,29?/m0/s1. The number of nitrogens with one attached hydrogen (secondary N) is 2. The van der Waals surface area contributed by atoms with E-state index in [2.05, 4.69) is 17.6 Å². The van der Waals surface area contributed by atoms with Crippen molar-refractivity contribution in [2.45, 2.75) is 90.0 Å². The van der Waals surface area contributed by atoms with Crippen molar-refractivity contribution in [3.63, 3.8) is 0 Å². The van der Waals surface area contributed by atoms with Gasteiger partial charge in [0.05, 0.1) is 36.7 Å². The van der Waals surface area contributed by atoms with Gasteiger partial charge in [-0.25, -0.2) is 0 Å². The summed E-state index contributed by atoms with van der Waals surface area (Å²) in [5.41, 5.74) is -1.42. The van der Waals surface area contributed by atoms with Crippen LogP contribution in [0.4, 0.5) is 5.69 Å². The number of nitrogens with zero attached hydrogens (tertiary/aromatic N) is 1. The van der Waals surface area contributed by atoms with Crippen molar-refractivity contribution in [1.29, 1.82) is 0 Å². The highest BCUT2D eigenvalue weighted by Crippen LogP contribution is 2.65. The number of aliphatic hydroxyl groups excluding tert-OH is 1. The molecule has 3 amide bonds. The summed E-state index contributed by atoms with van der Waals surface area (Å²) >= 11 is 0. The van der Waals surface area contributed by atoms with Gasteiger partial charge in [-0.15, -0.1) is 0 Å². The van der Waals surface area contributed by atoms with E-state index in [0.29, 0.717) is 37.4 Å². The molecule has 3 heterocycles. The zero-order valence-corrected chi connectivity index (χ0v) is 23.3. The Hall–Kier alpha value is -2.65. The number of ether oxygens (including phenoxy) is 2. The molecular formula is C29H43N3O6. The van der Waals surface area contributed by atoms with E-state index in [-0.39, 0.29) is 30.2 Å². The number of benzene rings is 1. The van der Waals surface area contributed by atoms with Gasteiger partial charge in [0.25, 0.3) is 0 Å². The van der Waals surface area contributed by atoms with Gasteiger partial charge >= 0.3 is 0 Å². The number of likely N-dealkylation sites (tertiary alicyclic amines) is 1. The lowest BCUT2D eigenvalue weighted by atomic mass is 9.62. The van der Waals surface area contributed by atoms with Gasteiger partial charge < -0.3 is 30.1 Å². The van der Waals surface area contributed by atoms with Gasteiger partial charge in [0.1, 0.15) is 17.4 Å². The minimum Gasteiger partial charge on any atom is -0.494 e. The van der Waals surface area contributed by atoms with E-state index in [1.807, 2.05) is 27.7 Å². The van der Waals surface area contributed by atoms with Gasteiger partial charge in [-0.1, -0.05) is 33.6 Å². The fourth-order valence-corrected chi connectivity index (χ4v) is 6.89. The molecular weight excluding hydrogens is 486 g/mol. The van der Waals surface area contributed by atoms with Gasteiger partial charge in [-0.3, -0.25) is 14.4 Å². The highest BCUT2D eigenvalue weighted by atomic mass is 16.5. The number of carbonyl (C=O) groups is 3. The molecule has 9 nitrogen and oxygen atoms in total. The predicted octanol–water partition coefficient (Wildman–Crippen LogP) is 3.11. The number of anilines is 1. The molecule has 7 atom stereocenters. The Morgan fingerprint density at radius 2 is 1.89 bits per heavy atom. The summed E-state index contributed by atoms with van der Waals surface area (Å²) < 4.78 is 12.2.